The molecule has 1 aliphatic rings. The van der Waals surface area contributed by atoms with Crippen LogP contribution in [-0.2, 0) is 0 Å². The van der Waals surface area contributed by atoms with Gasteiger partial charge in [0.1, 0.15) is 4.88 Å². The van der Waals surface area contributed by atoms with Crippen molar-refractivity contribution in [1.82, 2.24) is 5.32 Å². The minimum atomic E-state index is -0.186. The predicted molar refractivity (Wildman–Crippen MR) is 82.0 cm³/mol. The number of carbonyl (C=O) groups excluding carboxylic acids is 1. The van der Waals surface area contributed by atoms with Gasteiger partial charge in [0.05, 0.1) is 11.8 Å². The van der Waals surface area contributed by atoms with Gasteiger partial charge in [0.25, 0.3) is 5.91 Å². The van der Waals surface area contributed by atoms with Crippen LogP contribution in [0, 0.1) is 12.8 Å². The number of aryl methyl sites for hydroxylation is 1. The quantitative estimate of drug-likeness (QED) is 0.812. The highest BCUT2D eigenvalue weighted by Crippen LogP contribution is 2.34. The maximum absolute atomic E-state index is 12.2. The highest BCUT2D eigenvalue weighted by Gasteiger charge is 2.27. The van der Waals surface area contributed by atoms with Gasteiger partial charge >= 0.3 is 0 Å². The lowest BCUT2D eigenvalue weighted by Gasteiger charge is -2.31. The summed E-state index contributed by atoms with van der Waals surface area (Å²) in [6.07, 6.45) is 1.37. The van der Waals surface area contributed by atoms with E-state index in [2.05, 4.69) is 5.32 Å². The summed E-state index contributed by atoms with van der Waals surface area (Å²) in [6.45, 7) is 2.63. The Labute approximate surface area is 121 Å². The predicted octanol–water partition coefficient (Wildman–Crippen LogP) is 2.29. The van der Waals surface area contributed by atoms with Crippen LogP contribution in [0.1, 0.15) is 28.1 Å². The van der Waals surface area contributed by atoms with E-state index in [9.17, 15) is 9.90 Å². The highest BCUT2D eigenvalue weighted by molar-refractivity contribution is 7.21. The number of rotatable bonds is 3. The number of nitrogens with two attached hydrogens (primary N) is 1. The molecule has 106 valence electrons. The van der Waals surface area contributed by atoms with E-state index in [4.69, 9.17) is 5.73 Å². The smallest absolute Gasteiger partial charge is 0.263 e. The number of hydrogen-bond donors (Lipinski definition) is 3. The molecule has 1 aromatic carbocycles. The van der Waals surface area contributed by atoms with Gasteiger partial charge in [-0.1, -0.05) is 11.6 Å². The van der Waals surface area contributed by atoms with Gasteiger partial charge in [0.2, 0.25) is 0 Å². The Morgan fingerprint density at radius 2 is 2.25 bits per heavy atom. The fraction of sp³-hybridized carbons (Fsp3) is 0.400. The van der Waals surface area contributed by atoms with Crippen molar-refractivity contribution in [2.45, 2.75) is 25.9 Å². The number of aliphatic hydroxyl groups excluding tert-OH is 1. The van der Waals surface area contributed by atoms with Crippen LogP contribution in [0.5, 0.6) is 0 Å². The Kier molecular flexibility index (Phi) is 3.40. The van der Waals surface area contributed by atoms with Crippen LogP contribution < -0.4 is 11.1 Å². The Balaban J connectivity index is 1.75. The summed E-state index contributed by atoms with van der Waals surface area (Å²) in [5.41, 5.74) is 7.80. The second-order valence-corrected chi connectivity index (χ2v) is 6.60. The first-order valence-electron chi connectivity index (χ1n) is 6.79. The average Bonchev–Trinajstić information content (AvgIpc) is 2.70. The summed E-state index contributed by atoms with van der Waals surface area (Å²) in [5, 5.41) is 13.1. The summed E-state index contributed by atoms with van der Waals surface area (Å²) in [5.74, 6) is 0.287. The van der Waals surface area contributed by atoms with E-state index in [0.717, 1.165) is 28.5 Å². The largest absolute Gasteiger partial charge is 0.397 e. The van der Waals surface area contributed by atoms with Gasteiger partial charge in [-0.2, -0.15) is 0 Å². The van der Waals surface area contributed by atoms with E-state index in [-0.39, 0.29) is 12.0 Å². The Morgan fingerprint density at radius 1 is 1.50 bits per heavy atom. The standard InChI is InChI=1S/C15H18N2O2S/c1-8-2-3-12-11(4-8)13(16)14(20-12)15(19)17-7-9-5-10(18)6-9/h2-4,9-10,18H,5-7,16H2,1H3,(H,17,19). The second-order valence-electron chi connectivity index (χ2n) is 5.55. The zero-order chi connectivity index (χ0) is 14.3. The summed E-state index contributed by atoms with van der Waals surface area (Å²) < 4.78 is 1.04. The van der Waals surface area contributed by atoms with Gasteiger partial charge in [0, 0.05) is 16.6 Å². The third-order valence-electron chi connectivity index (χ3n) is 3.85. The maximum Gasteiger partial charge on any atom is 0.263 e. The van der Waals surface area contributed by atoms with Crippen molar-refractivity contribution in [3.05, 3.63) is 28.6 Å². The Hall–Kier alpha value is -1.59. The number of anilines is 1. The van der Waals surface area contributed by atoms with Crippen LogP contribution in [0.2, 0.25) is 0 Å². The topological polar surface area (TPSA) is 75.3 Å². The number of nitrogens with one attached hydrogen (secondary N) is 1. The molecule has 5 heteroatoms. The molecule has 0 unspecified atom stereocenters. The van der Waals surface area contributed by atoms with Crippen LogP contribution >= 0.6 is 11.3 Å². The average molecular weight is 290 g/mol. The zero-order valence-electron chi connectivity index (χ0n) is 11.3. The molecule has 20 heavy (non-hydrogen) atoms. The van der Waals surface area contributed by atoms with E-state index in [1.807, 2.05) is 25.1 Å². The van der Waals surface area contributed by atoms with Crippen LogP contribution in [-0.4, -0.2) is 23.7 Å². The van der Waals surface area contributed by atoms with Gasteiger partial charge < -0.3 is 16.2 Å². The lowest BCUT2D eigenvalue weighted by atomic mass is 9.82. The first-order chi connectivity index (χ1) is 9.54. The third-order valence-corrected chi connectivity index (χ3v) is 5.04. The number of benzene rings is 1. The number of hydrogen-bond acceptors (Lipinski definition) is 4. The molecule has 4 nitrogen and oxygen atoms in total. The van der Waals surface area contributed by atoms with Crippen molar-refractivity contribution >= 4 is 33.0 Å². The van der Waals surface area contributed by atoms with Crippen LogP contribution in [0.4, 0.5) is 5.69 Å². The SMILES string of the molecule is Cc1ccc2sc(C(=O)NCC3CC(O)C3)c(N)c2c1. The zero-order valence-corrected chi connectivity index (χ0v) is 12.2. The second kappa shape index (κ2) is 5.07. The van der Waals surface area contributed by atoms with E-state index < -0.39 is 0 Å². The van der Waals surface area contributed by atoms with Crippen molar-refractivity contribution in [2.24, 2.45) is 5.92 Å². The molecule has 0 atom stereocenters. The molecule has 1 fully saturated rings. The number of carbonyl (C=O) groups is 1. The minimum Gasteiger partial charge on any atom is -0.397 e. The van der Waals surface area contributed by atoms with E-state index >= 15 is 0 Å². The Bertz CT molecular complexity index is 659. The molecular formula is C15H18N2O2S. The summed E-state index contributed by atoms with van der Waals surface area (Å²) in [4.78, 5) is 12.8. The molecule has 1 saturated carbocycles. The van der Waals surface area contributed by atoms with Gasteiger partial charge in [-0.25, -0.2) is 0 Å². The first-order valence-corrected chi connectivity index (χ1v) is 7.61. The fourth-order valence-electron chi connectivity index (χ4n) is 2.58. The van der Waals surface area contributed by atoms with Gasteiger partial charge in [-0.05, 0) is 37.8 Å². The number of fused-ring (bicyclic) bond motifs is 1. The number of thiophene rings is 1. The summed E-state index contributed by atoms with van der Waals surface area (Å²) in [7, 11) is 0. The summed E-state index contributed by atoms with van der Waals surface area (Å²) >= 11 is 1.43. The monoisotopic (exact) mass is 290 g/mol. The molecule has 2 aromatic rings. The molecule has 3 rings (SSSR count). The molecular weight excluding hydrogens is 272 g/mol. The summed E-state index contributed by atoms with van der Waals surface area (Å²) in [6, 6.07) is 6.04. The van der Waals surface area contributed by atoms with Crippen LogP contribution in [0.15, 0.2) is 18.2 Å². The molecule has 1 aliphatic carbocycles. The fourth-order valence-corrected chi connectivity index (χ4v) is 3.60. The molecule has 0 radical (unpaired) electrons. The molecule has 0 bridgehead atoms. The lowest BCUT2D eigenvalue weighted by Crippen LogP contribution is -2.38. The van der Waals surface area contributed by atoms with Crippen molar-refractivity contribution < 1.29 is 9.90 Å². The van der Waals surface area contributed by atoms with Crippen molar-refractivity contribution in [3.63, 3.8) is 0 Å². The lowest BCUT2D eigenvalue weighted by molar-refractivity contribution is 0.0420. The minimum absolute atomic E-state index is 0.109. The molecule has 0 saturated heterocycles. The molecule has 1 amide bonds. The molecule has 1 heterocycles. The van der Waals surface area contributed by atoms with Crippen molar-refractivity contribution in [2.75, 3.05) is 12.3 Å². The van der Waals surface area contributed by atoms with Crippen molar-refractivity contribution in [1.29, 1.82) is 0 Å². The maximum atomic E-state index is 12.2. The molecule has 0 aliphatic heterocycles. The third kappa shape index (κ3) is 2.39. The van der Waals surface area contributed by atoms with E-state index in [1.54, 1.807) is 0 Å². The molecule has 1 aromatic heterocycles. The Morgan fingerprint density at radius 3 is 2.95 bits per heavy atom. The first kappa shape index (κ1) is 13.4. The van der Waals surface area contributed by atoms with Gasteiger partial charge in [-0.15, -0.1) is 11.3 Å². The van der Waals surface area contributed by atoms with Crippen LogP contribution in [0.25, 0.3) is 10.1 Å². The van der Waals surface area contributed by atoms with E-state index in [0.29, 0.717) is 23.0 Å². The number of amides is 1. The molecule has 0 spiro atoms. The number of aliphatic hydroxyl groups is 1. The van der Waals surface area contributed by atoms with Gasteiger partial charge in [0.15, 0.2) is 0 Å². The van der Waals surface area contributed by atoms with Gasteiger partial charge in [-0.3, -0.25) is 4.79 Å². The highest BCUT2D eigenvalue weighted by atomic mass is 32.1. The number of nitrogen functional groups attached to an aromatic ring is 1. The van der Waals surface area contributed by atoms with E-state index in [1.165, 1.54) is 11.3 Å². The van der Waals surface area contributed by atoms with Crippen LogP contribution in [0.3, 0.4) is 0 Å². The molecule has 4 N–H and O–H groups in total. The normalized spacial score (nSPS) is 21.7. The van der Waals surface area contributed by atoms with Crippen molar-refractivity contribution in [3.8, 4) is 0 Å².